The van der Waals surface area contributed by atoms with Crippen LogP contribution in [0.4, 0.5) is 5.69 Å². The molecule has 1 atom stereocenters. The first-order valence-corrected chi connectivity index (χ1v) is 8.29. The van der Waals surface area contributed by atoms with Gasteiger partial charge in [-0.05, 0) is 36.6 Å². The first kappa shape index (κ1) is 16.0. The van der Waals surface area contributed by atoms with Gasteiger partial charge in [0.05, 0.1) is 5.56 Å². The summed E-state index contributed by atoms with van der Waals surface area (Å²) in [6.07, 6.45) is 2.10. The third-order valence-corrected chi connectivity index (χ3v) is 4.73. The van der Waals surface area contributed by atoms with Gasteiger partial charge in [-0.1, -0.05) is 18.1 Å². The minimum atomic E-state index is 0.146. The van der Waals surface area contributed by atoms with Crippen molar-refractivity contribution in [2.75, 3.05) is 30.3 Å². The van der Waals surface area contributed by atoms with Crippen LogP contribution in [0, 0.1) is 5.92 Å². The van der Waals surface area contributed by atoms with Crippen molar-refractivity contribution in [1.82, 2.24) is 0 Å². The Kier molecular flexibility index (Phi) is 5.76. The molecule has 1 aromatic carbocycles. The Morgan fingerprint density at radius 3 is 3.00 bits per heavy atom. The zero-order valence-corrected chi connectivity index (χ0v) is 13.1. The summed E-state index contributed by atoms with van der Waals surface area (Å²) < 4.78 is 0. The summed E-state index contributed by atoms with van der Waals surface area (Å²) in [6.45, 7) is 4.03. The van der Waals surface area contributed by atoms with Crippen LogP contribution in [0.2, 0.25) is 0 Å². The van der Waals surface area contributed by atoms with E-state index in [1.54, 1.807) is 11.8 Å². The number of oxime groups is 1. The van der Waals surface area contributed by atoms with Crippen molar-refractivity contribution < 1.29 is 10.3 Å². The van der Waals surface area contributed by atoms with E-state index in [0.29, 0.717) is 5.92 Å². The van der Waals surface area contributed by atoms with E-state index in [-0.39, 0.29) is 12.4 Å². The molecule has 0 radical (unpaired) electrons. The highest BCUT2D eigenvalue weighted by atomic mass is 32.2. The molecule has 0 bridgehead atoms. The van der Waals surface area contributed by atoms with Crippen LogP contribution in [0.1, 0.15) is 25.3 Å². The number of rotatable bonds is 5. The number of nitrogens with two attached hydrogens (primary N) is 1. The molecule has 1 saturated heterocycles. The van der Waals surface area contributed by atoms with Crippen LogP contribution in [-0.4, -0.2) is 41.6 Å². The van der Waals surface area contributed by atoms with E-state index in [0.717, 1.165) is 47.8 Å². The molecular formula is C15H23N3O2S. The molecule has 1 fully saturated rings. The summed E-state index contributed by atoms with van der Waals surface area (Å²) in [7, 11) is 0. The number of anilines is 1. The smallest absolute Gasteiger partial charge is 0.173 e. The van der Waals surface area contributed by atoms with Gasteiger partial charge in [0.2, 0.25) is 0 Å². The van der Waals surface area contributed by atoms with Gasteiger partial charge in [0, 0.05) is 30.3 Å². The molecule has 1 aliphatic heterocycles. The predicted octanol–water partition coefficient (Wildman–Crippen LogP) is 2.10. The lowest BCUT2D eigenvalue weighted by molar-refractivity contribution is 0.208. The molecule has 1 unspecified atom stereocenters. The van der Waals surface area contributed by atoms with E-state index in [2.05, 4.69) is 17.0 Å². The fourth-order valence-corrected chi connectivity index (χ4v) is 3.64. The first-order valence-electron chi connectivity index (χ1n) is 7.30. The summed E-state index contributed by atoms with van der Waals surface area (Å²) in [5.41, 5.74) is 7.70. The largest absolute Gasteiger partial charge is 0.409 e. The topological polar surface area (TPSA) is 82.1 Å². The number of aliphatic hydroxyl groups excluding tert-OH is 1. The van der Waals surface area contributed by atoms with Crippen molar-refractivity contribution in [2.24, 2.45) is 16.8 Å². The summed E-state index contributed by atoms with van der Waals surface area (Å²) in [4.78, 5) is 3.26. The molecule has 5 nitrogen and oxygen atoms in total. The lowest BCUT2D eigenvalue weighted by atomic mass is 9.97. The van der Waals surface area contributed by atoms with Gasteiger partial charge in [-0.25, -0.2) is 0 Å². The minimum Gasteiger partial charge on any atom is -0.409 e. The van der Waals surface area contributed by atoms with Crippen molar-refractivity contribution in [3.05, 3.63) is 23.8 Å². The van der Waals surface area contributed by atoms with Crippen molar-refractivity contribution >= 4 is 23.3 Å². The molecule has 0 amide bonds. The van der Waals surface area contributed by atoms with Gasteiger partial charge in [0.25, 0.3) is 0 Å². The normalized spacial score (nSPS) is 19.8. The number of hydrogen-bond donors (Lipinski definition) is 3. The van der Waals surface area contributed by atoms with E-state index < -0.39 is 0 Å². The number of hydrogen-bond acceptors (Lipinski definition) is 5. The van der Waals surface area contributed by atoms with Crippen LogP contribution in [-0.2, 0) is 0 Å². The summed E-state index contributed by atoms with van der Waals surface area (Å²) in [5.74, 6) is 1.36. The number of aliphatic hydroxyl groups is 1. The number of piperidine rings is 1. The van der Waals surface area contributed by atoms with Crippen LogP contribution >= 0.6 is 11.8 Å². The van der Waals surface area contributed by atoms with Gasteiger partial charge in [-0.3, -0.25) is 0 Å². The SMILES string of the molecule is CCSc1cccc(N2CCCC(CO)C2)c1/C(N)=N/O. The zero-order valence-electron chi connectivity index (χ0n) is 12.3. The van der Waals surface area contributed by atoms with Gasteiger partial charge < -0.3 is 20.9 Å². The number of nitrogens with zero attached hydrogens (tertiary/aromatic N) is 2. The molecule has 1 aromatic rings. The minimum absolute atomic E-state index is 0.146. The molecule has 0 spiro atoms. The fraction of sp³-hybridized carbons (Fsp3) is 0.533. The molecule has 1 heterocycles. The Balaban J connectivity index is 2.40. The summed E-state index contributed by atoms with van der Waals surface area (Å²) in [5, 5.41) is 21.7. The molecule has 6 heteroatoms. The predicted molar refractivity (Wildman–Crippen MR) is 87.4 cm³/mol. The molecule has 0 aliphatic carbocycles. The molecule has 2 rings (SSSR count). The Hall–Kier alpha value is -1.40. The second-order valence-corrected chi connectivity index (χ2v) is 6.51. The Morgan fingerprint density at radius 1 is 1.52 bits per heavy atom. The summed E-state index contributed by atoms with van der Waals surface area (Å²) >= 11 is 1.68. The third-order valence-electron chi connectivity index (χ3n) is 3.79. The second-order valence-electron chi connectivity index (χ2n) is 5.21. The number of amidine groups is 1. The monoisotopic (exact) mass is 309 g/mol. The van der Waals surface area contributed by atoms with Crippen molar-refractivity contribution in [3.8, 4) is 0 Å². The van der Waals surface area contributed by atoms with Gasteiger partial charge in [0.15, 0.2) is 5.84 Å². The van der Waals surface area contributed by atoms with E-state index in [1.807, 2.05) is 18.2 Å². The highest BCUT2D eigenvalue weighted by Crippen LogP contribution is 2.33. The fourth-order valence-electron chi connectivity index (χ4n) is 2.80. The average Bonchev–Trinajstić information content (AvgIpc) is 2.54. The van der Waals surface area contributed by atoms with Crippen molar-refractivity contribution in [1.29, 1.82) is 0 Å². The van der Waals surface area contributed by atoms with E-state index in [1.165, 1.54) is 0 Å². The summed E-state index contributed by atoms with van der Waals surface area (Å²) in [6, 6.07) is 6.01. The Bertz CT molecular complexity index is 508. The molecular weight excluding hydrogens is 286 g/mol. The highest BCUT2D eigenvalue weighted by Gasteiger charge is 2.23. The van der Waals surface area contributed by atoms with Gasteiger partial charge in [-0.2, -0.15) is 0 Å². The van der Waals surface area contributed by atoms with Gasteiger partial charge in [0.1, 0.15) is 0 Å². The van der Waals surface area contributed by atoms with E-state index in [9.17, 15) is 5.11 Å². The maximum atomic E-state index is 9.40. The van der Waals surface area contributed by atoms with Crippen molar-refractivity contribution in [2.45, 2.75) is 24.7 Å². The highest BCUT2D eigenvalue weighted by molar-refractivity contribution is 7.99. The maximum absolute atomic E-state index is 9.40. The lowest BCUT2D eigenvalue weighted by Gasteiger charge is -2.35. The second kappa shape index (κ2) is 7.56. The molecule has 0 aromatic heterocycles. The van der Waals surface area contributed by atoms with Crippen LogP contribution in [0.25, 0.3) is 0 Å². The molecule has 0 saturated carbocycles. The van der Waals surface area contributed by atoms with E-state index in [4.69, 9.17) is 10.9 Å². The average molecular weight is 309 g/mol. The molecule has 21 heavy (non-hydrogen) atoms. The standard InChI is InChI=1S/C15H23N3O2S/c1-2-21-13-7-3-6-12(14(13)15(16)17-20)18-8-4-5-11(9-18)10-19/h3,6-7,11,19-20H,2,4-5,8-10H2,1H3,(H2,16,17). The third kappa shape index (κ3) is 3.63. The number of benzene rings is 1. The van der Waals surface area contributed by atoms with Crippen LogP contribution in [0.5, 0.6) is 0 Å². The molecule has 4 N–H and O–H groups in total. The van der Waals surface area contributed by atoms with E-state index >= 15 is 0 Å². The van der Waals surface area contributed by atoms with Crippen molar-refractivity contribution in [3.63, 3.8) is 0 Å². The first-order chi connectivity index (χ1) is 10.2. The quantitative estimate of drug-likeness (QED) is 0.255. The number of thioether (sulfide) groups is 1. The van der Waals surface area contributed by atoms with Gasteiger partial charge >= 0.3 is 0 Å². The van der Waals surface area contributed by atoms with Crippen LogP contribution in [0.15, 0.2) is 28.3 Å². The molecule has 1 aliphatic rings. The van der Waals surface area contributed by atoms with Crippen LogP contribution in [0.3, 0.4) is 0 Å². The van der Waals surface area contributed by atoms with Gasteiger partial charge in [-0.15, -0.1) is 11.8 Å². The molecule has 116 valence electrons. The lowest BCUT2D eigenvalue weighted by Crippen LogP contribution is -2.38. The maximum Gasteiger partial charge on any atom is 0.173 e. The Morgan fingerprint density at radius 2 is 2.33 bits per heavy atom. The van der Waals surface area contributed by atoms with Crippen LogP contribution < -0.4 is 10.6 Å². The Labute approximate surface area is 129 Å². The zero-order chi connectivity index (χ0) is 15.2.